The van der Waals surface area contributed by atoms with Gasteiger partial charge in [0, 0.05) is 23.6 Å². The largest absolute Gasteiger partial charge is 0.454 e. The number of halogens is 2. The Morgan fingerprint density at radius 1 is 1.44 bits per heavy atom. The van der Waals surface area contributed by atoms with Gasteiger partial charge in [-0.25, -0.2) is 4.39 Å². The number of hydrogen-bond acceptors (Lipinski definition) is 3. The van der Waals surface area contributed by atoms with Crippen LogP contribution in [0.1, 0.15) is 18.4 Å². The van der Waals surface area contributed by atoms with E-state index in [1.807, 2.05) is 0 Å². The van der Waals surface area contributed by atoms with Gasteiger partial charge in [-0.1, -0.05) is 11.6 Å². The molecule has 2 aliphatic rings. The van der Waals surface area contributed by atoms with Gasteiger partial charge in [0.1, 0.15) is 5.82 Å². The van der Waals surface area contributed by atoms with Crippen molar-refractivity contribution >= 4 is 11.6 Å². The Kier molecular flexibility index (Phi) is 2.06. The fraction of sp³-hybridized carbons (Fsp3) is 0.455. The maximum Gasteiger partial charge on any atom is 0.231 e. The third kappa shape index (κ3) is 1.23. The highest BCUT2D eigenvalue weighted by atomic mass is 35.5. The highest BCUT2D eigenvalue weighted by Crippen LogP contribution is 2.55. The summed E-state index contributed by atoms with van der Waals surface area (Å²) in [6.45, 7) is 0.517. The zero-order valence-electron chi connectivity index (χ0n) is 8.56. The van der Waals surface area contributed by atoms with Crippen molar-refractivity contribution < 1.29 is 13.9 Å². The van der Waals surface area contributed by atoms with Gasteiger partial charge in [-0.15, -0.1) is 0 Å². The molecule has 1 heterocycles. The van der Waals surface area contributed by atoms with E-state index in [-0.39, 0.29) is 17.2 Å². The predicted molar refractivity (Wildman–Crippen MR) is 57.5 cm³/mol. The smallest absolute Gasteiger partial charge is 0.231 e. The molecule has 0 unspecified atom stereocenters. The highest BCUT2D eigenvalue weighted by Gasteiger charge is 2.48. The second-order valence-corrected chi connectivity index (χ2v) is 4.67. The van der Waals surface area contributed by atoms with Crippen LogP contribution in [0.5, 0.6) is 11.5 Å². The molecule has 0 radical (unpaired) electrons. The lowest BCUT2D eigenvalue weighted by Gasteiger charge is -2.16. The Labute approximate surface area is 97.3 Å². The SMILES string of the molecule is NCC1(c2c(F)c(Cl)cc3c2OCO3)CC1. The quantitative estimate of drug-likeness (QED) is 0.866. The normalized spacial score (nSPS) is 19.9. The van der Waals surface area contributed by atoms with E-state index in [1.54, 1.807) is 0 Å². The summed E-state index contributed by atoms with van der Waals surface area (Å²) in [6.07, 6.45) is 1.74. The molecule has 2 N–H and O–H groups in total. The molecule has 3 rings (SSSR count). The molecule has 1 fully saturated rings. The molecule has 0 bridgehead atoms. The fourth-order valence-electron chi connectivity index (χ4n) is 2.17. The molecule has 1 aliphatic carbocycles. The van der Waals surface area contributed by atoms with E-state index in [2.05, 4.69) is 0 Å². The first-order chi connectivity index (χ1) is 7.68. The van der Waals surface area contributed by atoms with Gasteiger partial charge >= 0.3 is 0 Å². The standard InChI is InChI=1S/C11H11ClFNO2/c12-6-3-7-10(16-5-15-7)8(9(6)13)11(4-14)1-2-11/h3H,1-2,4-5,14H2. The van der Waals surface area contributed by atoms with E-state index in [4.69, 9.17) is 26.8 Å². The maximum absolute atomic E-state index is 14.1. The zero-order chi connectivity index (χ0) is 11.3. The summed E-state index contributed by atoms with van der Waals surface area (Å²) in [5.41, 5.74) is 5.90. The van der Waals surface area contributed by atoms with Crippen molar-refractivity contribution in [1.29, 1.82) is 0 Å². The first-order valence-electron chi connectivity index (χ1n) is 5.16. The molecule has 0 aromatic heterocycles. The topological polar surface area (TPSA) is 44.5 Å². The predicted octanol–water partition coefficient (Wildman–Crippen LogP) is 2.20. The lowest BCUT2D eigenvalue weighted by Crippen LogP contribution is -2.21. The summed E-state index contributed by atoms with van der Waals surface area (Å²) in [5, 5.41) is 0.0685. The van der Waals surface area contributed by atoms with Crippen LogP contribution in [0, 0.1) is 5.82 Å². The summed E-state index contributed by atoms with van der Waals surface area (Å²) in [4.78, 5) is 0. The summed E-state index contributed by atoms with van der Waals surface area (Å²) in [7, 11) is 0. The summed E-state index contributed by atoms with van der Waals surface area (Å²) in [5.74, 6) is 0.569. The summed E-state index contributed by atoms with van der Waals surface area (Å²) in [6, 6.07) is 1.45. The fourth-order valence-corrected chi connectivity index (χ4v) is 2.36. The number of benzene rings is 1. The van der Waals surface area contributed by atoms with Crippen molar-refractivity contribution in [2.45, 2.75) is 18.3 Å². The van der Waals surface area contributed by atoms with Gasteiger partial charge in [0.2, 0.25) is 6.79 Å². The Morgan fingerprint density at radius 2 is 2.19 bits per heavy atom. The van der Waals surface area contributed by atoms with Crippen LogP contribution in [0.4, 0.5) is 4.39 Å². The van der Waals surface area contributed by atoms with Crippen molar-refractivity contribution in [2.75, 3.05) is 13.3 Å². The van der Waals surface area contributed by atoms with Crippen LogP contribution in [0.2, 0.25) is 5.02 Å². The second-order valence-electron chi connectivity index (χ2n) is 4.27. The maximum atomic E-state index is 14.1. The van der Waals surface area contributed by atoms with Crippen LogP contribution in [0.25, 0.3) is 0 Å². The van der Waals surface area contributed by atoms with E-state index < -0.39 is 5.82 Å². The number of hydrogen-bond donors (Lipinski definition) is 1. The van der Waals surface area contributed by atoms with Crippen LogP contribution in [0.3, 0.4) is 0 Å². The van der Waals surface area contributed by atoms with Crippen molar-refractivity contribution in [1.82, 2.24) is 0 Å². The van der Waals surface area contributed by atoms with Gasteiger partial charge in [-0.3, -0.25) is 0 Å². The molecule has 1 aromatic carbocycles. The lowest BCUT2D eigenvalue weighted by molar-refractivity contribution is 0.172. The summed E-state index contributed by atoms with van der Waals surface area (Å²) < 4.78 is 24.6. The minimum Gasteiger partial charge on any atom is -0.454 e. The highest BCUT2D eigenvalue weighted by molar-refractivity contribution is 6.31. The van der Waals surface area contributed by atoms with Crippen LogP contribution < -0.4 is 15.2 Å². The molecule has 16 heavy (non-hydrogen) atoms. The van der Waals surface area contributed by atoms with E-state index in [0.29, 0.717) is 23.6 Å². The van der Waals surface area contributed by atoms with Crippen LogP contribution in [-0.2, 0) is 5.41 Å². The van der Waals surface area contributed by atoms with Gasteiger partial charge < -0.3 is 15.2 Å². The van der Waals surface area contributed by atoms with Crippen LogP contribution in [0.15, 0.2) is 6.07 Å². The molecule has 5 heteroatoms. The molecule has 3 nitrogen and oxygen atoms in total. The van der Waals surface area contributed by atoms with Gasteiger partial charge in [0.15, 0.2) is 11.5 Å². The number of nitrogens with two attached hydrogens (primary N) is 1. The van der Waals surface area contributed by atoms with Gasteiger partial charge in [0.25, 0.3) is 0 Å². The van der Waals surface area contributed by atoms with E-state index in [0.717, 1.165) is 12.8 Å². The Hall–Kier alpha value is -1.00. The third-order valence-electron chi connectivity index (χ3n) is 3.33. The monoisotopic (exact) mass is 243 g/mol. The van der Waals surface area contributed by atoms with Gasteiger partial charge in [-0.2, -0.15) is 0 Å². The van der Waals surface area contributed by atoms with Gasteiger partial charge in [0.05, 0.1) is 5.02 Å². The molecule has 0 spiro atoms. The number of rotatable bonds is 2. The van der Waals surface area contributed by atoms with Crippen molar-refractivity contribution in [2.24, 2.45) is 5.73 Å². The first-order valence-corrected chi connectivity index (χ1v) is 5.54. The molecule has 1 aliphatic heterocycles. The molecular weight excluding hydrogens is 233 g/mol. The molecule has 0 atom stereocenters. The molecule has 0 amide bonds. The second kappa shape index (κ2) is 3.25. The number of fused-ring (bicyclic) bond motifs is 1. The van der Waals surface area contributed by atoms with Gasteiger partial charge in [-0.05, 0) is 12.8 Å². The zero-order valence-corrected chi connectivity index (χ0v) is 9.31. The first kappa shape index (κ1) is 10.2. The molecule has 86 valence electrons. The lowest BCUT2D eigenvalue weighted by atomic mass is 9.94. The molecule has 1 aromatic rings. The average Bonchev–Trinajstić information content (AvgIpc) is 2.93. The number of ether oxygens (including phenoxy) is 2. The average molecular weight is 244 g/mol. The molecule has 1 saturated carbocycles. The van der Waals surface area contributed by atoms with Crippen molar-refractivity contribution in [3.05, 3.63) is 22.5 Å². The minimum atomic E-state index is -0.422. The van der Waals surface area contributed by atoms with Crippen LogP contribution in [-0.4, -0.2) is 13.3 Å². The van der Waals surface area contributed by atoms with E-state index >= 15 is 0 Å². The Balaban J connectivity index is 2.23. The Bertz CT molecular complexity index is 460. The van der Waals surface area contributed by atoms with Crippen LogP contribution >= 0.6 is 11.6 Å². The molecular formula is C11H11ClFNO2. The van der Waals surface area contributed by atoms with Crippen molar-refractivity contribution in [3.8, 4) is 11.5 Å². The van der Waals surface area contributed by atoms with E-state index in [1.165, 1.54) is 6.07 Å². The Morgan fingerprint density at radius 3 is 2.81 bits per heavy atom. The van der Waals surface area contributed by atoms with E-state index in [9.17, 15) is 4.39 Å². The summed E-state index contributed by atoms with van der Waals surface area (Å²) >= 11 is 5.84. The van der Waals surface area contributed by atoms with Crippen molar-refractivity contribution in [3.63, 3.8) is 0 Å². The minimum absolute atomic E-state index is 0.0685. The third-order valence-corrected chi connectivity index (χ3v) is 3.61. The molecule has 0 saturated heterocycles.